The van der Waals surface area contributed by atoms with Crippen LogP contribution in [-0.2, 0) is 27.3 Å². The van der Waals surface area contributed by atoms with E-state index in [1.165, 1.54) is 18.0 Å². The van der Waals surface area contributed by atoms with Gasteiger partial charge in [-0.3, -0.25) is 24.0 Å². The molecule has 1 saturated heterocycles. The van der Waals surface area contributed by atoms with Gasteiger partial charge in [-0.15, -0.1) is 0 Å². The molecule has 1 unspecified atom stereocenters. The van der Waals surface area contributed by atoms with Crippen LogP contribution in [0.5, 0.6) is 0 Å². The molecule has 1 fully saturated rings. The Morgan fingerprint density at radius 3 is 2.53 bits per heavy atom. The number of nitrogens with two attached hydrogens (primary N) is 1. The SMILES string of the molecule is C=C1CCC(N2Cc3c(NC(=O)CCCCCNCC(=O)Nc4cccc(NSc5ccc(-c6cnc(N)c(-c7ccc8c(c7)CCNC8=O)c6)c(F)c5)c4)cccc3C2=O)C(=O)N1. The summed E-state index contributed by atoms with van der Waals surface area (Å²) in [5.41, 5.74) is 14.0. The number of pyridine rings is 1. The van der Waals surface area contributed by atoms with E-state index in [9.17, 15) is 24.0 Å². The van der Waals surface area contributed by atoms with Gasteiger partial charge in [-0.2, -0.15) is 0 Å². The molecule has 1 aromatic heterocycles. The van der Waals surface area contributed by atoms with Crippen LogP contribution in [0.25, 0.3) is 22.3 Å². The Balaban J connectivity index is 0.744. The Morgan fingerprint density at radius 1 is 0.859 bits per heavy atom. The van der Waals surface area contributed by atoms with E-state index >= 15 is 4.39 Å². The zero-order chi connectivity index (χ0) is 44.7. The van der Waals surface area contributed by atoms with Crippen molar-refractivity contribution in [2.24, 2.45) is 0 Å². The minimum absolute atomic E-state index is 0.0995. The maximum atomic E-state index is 15.6. The number of aromatic nitrogens is 1. The number of unbranched alkanes of at least 4 members (excludes halogenated alkanes) is 2. The van der Waals surface area contributed by atoms with E-state index < -0.39 is 11.9 Å². The van der Waals surface area contributed by atoms with Gasteiger partial charge in [0.05, 0.1) is 6.54 Å². The molecule has 4 heterocycles. The van der Waals surface area contributed by atoms with Gasteiger partial charge in [-0.25, -0.2) is 9.37 Å². The molecule has 1 atom stereocenters. The van der Waals surface area contributed by atoms with Crippen LogP contribution in [0.1, 0.15) is 70.4 Å². The number of rotatable bonds is 16. The van der Waals surface area contributed by atoms with Crippen LogP contribution in [0.2, 0.25) is 0 Å². The van der Waals surface area contributed by atoms with Crippen molar-refractivity contribution >= 4 is 64.4 Å². The van der Waals surface area contributed by atoms with Crippen molar-refractivity contribution in [3.05, 3.63) is 131 Å². The zero-order valence-corrected chi connectivity index (χ0v) is 35.8. The van der Waals surface area contributed by atoms with Crippen LogP contribution in [0.15, 0.2) is 108 Å². The summed E-state index contributed by atoms with van der Waals surface area (Å²) in [6, 6.07) is 24.2. The topological polar surface area (TPSA) is 200 Å². The summed E-state index contributed by atoms with van der Waals surface area (Å²) in [5.74, 6) is -1.03. The lowest BCUT2D eigenvalue weighted by Gasteiger charge is -2.31. The fourth-order valence-electron chi connectivity index (χ4n) is 8.14. The van der Waals surface area contributed by atoms with E-state index in [1.54, 1.807) is 53.6 Å². The molecule has 4 aromatic carbocycles. The van der Waals surface area contributed by atoms with Gasteiger partial charge < -0.3 is 41.9 Å². The Bertz CT molecular complexity index is 2670. The molecule has 3 aliphatic rings. The van der Waals surface area contributed by atoms with E-state index in [0.717, 1.165) is 24.0 Å². The number of hydrogen-bond acceptors (Lipinski definition) is 10. The second kappa shape index (κ2) is 19.6. The zero-order valence-electron chi connectivity index (χ0n) is 35.0. The fourth-order valence-corrected chi connectivity index (χ4v) is 8.80. The van der Waals surface area contributed by atoms with E-state index in [4.69, 9.17) is 5.73 Å². The molecule has 8 rings (SSSR count). The summed E-state index contributed by atoms with van der Waals surface area (Å²) < 4.78 is 18.8. The highest BCUT2D eigenvalue weighted by molar-refractivity contribution is 8.00. The first-order chi connectivity index (χ1) is 31.0. The predicted octanol–water partition coefficient (Wildman–Crippen LogP) is 7.02. The molecular formula is C48H48FN9O5S. The monoisotopic (exact) mass is 881 g/mol. The lowest BCUT2D eigenvalue weighted by atomic mass is 9.94. The Hall–Kier alpha value is -7.04. The van der Waals surface area contributed by atoms with Gasteiger partial charge in [-0.05, 0) is 116 Å². The first kappa shape index (κ1) is 43.6. The van der Waals surface area contributed by atoms with E-state index in [2.05, 4.69) is 42.9 Å². The number of piperidine rings is 1. The Labute approximate surface area is 374 Å². The van der Waals surface area contributed by atoms with Crippen LogP contribution in [0.3, 0.4) is 0 Å². The average molecular weight is 882 g/mol. The quantitative estimate of drug-likeness (QED) is 0.0399. The Kier molecular flexibility index (Phi) is 13.3. The second-order valence-corrected chi connectivity index (χ2v) is 16.8. The van der Waals surface area contributed by atoms with Crippen molar-refractivity contribution < 1.29 is 28.4 Å². The molecule has 0 bridgehead atoms. The van der Waals surface area contributed by atoms with Crippen LogP contribution in [0.4, 0.5) is 27.3 Å². The van der Waals surface area contributed by atoms with Gasteiger partial charge >= 0.3 is 0 Å². The number of amides is 5. The van der Waals surface area contributed by atoms with Crippen LogP contribution >= 0.6 is 11.9 Å². The third kappa shape index (κ3) is 10.1. The average Bonchev–Trinajstić information content (AvgIpc) is 3.62. The number of fused-ring (bicyclic) bond motifs is 2. The molecule has 0 spiro atoms. The molecule has 64 heavy (non-hydrogen) atoms. The number of nitrogens with zero attached hydrogens (tertiary/aromatic N) is 2. The number of carbonyl (C=O) groups is 5. The molecule has 328 valence electrons. The van der Waals surface area contributed by atoms with Crippen molar-refractivity contribution in [2.45, 2.75) is 62.4 Å². The molecule has 14 nitrogen and oxygen atoms in total. The van der Waals surface area contributed by atoms with Crippen molar-refractivity contribution in [1.29, 1.82) is 0 Å². The summed E-state index contributed by atoms with van der Waals surface area (Å²) in [6.07, 6.45) is 5.89. The second-order valence-electron chi connectivity index (χ2n) is 16.0. The fraction of sp³-hybridized carbons (Fsp3) is 0.250. The van der Waals surface area contributed by atoms with Gasteiger partial charge in [0.25, 0.3) is 11.8 Å². The third-order valence-corrected chi connectivity index (χ3v) is 12.3. The van der Waals surface area contributed by atoms with Crippen molar-refractivity contribution in [1.82, 2.24) is 25.8 Å². The maximum Gasteiger partial charge on any atom is 0.255 e. The highest BCUT2D eigenvalue weighted by Crippen LogP contribution is 2.35. The number of halogens is 1. The van der Waals surface area contributed by atoms with E-state index in [0.29, 0.717) is 112 Å². The summed E-state index contributed by atoms with van der Waals surface area (Å²) in [6.45, 7) is 5.35. The molecule has 0 saturated carbocycles. The highest BCUT2D eigenvalue weighted by Gasteiger charge is 2.39. The van der Waals surface area contributed by atoms with Gasteiger partial charge in [-0.1, -0.05) is 43.3 Å². The number of nitrogens with one attached hydrogen (secondary N) is 6. The Morgan fingerprint density at radius 2 is 1.69 bits per heavy atom. The van der Waals surface area contributed by atoms with Gasteiger partial charge in [0.2, 0.25) is 17.7 Å². The smallest absolute Gasteiger partial charge is 0.255 e. The molecule has 16 heteroatoms. The number of hydrogen-bond donors (Lipinski definition) is 7. The number of allylic oxidation sites excluding steroid dienone is 1. The molecule has 5 amide bonds. The minimum Gasteiger partial charge on any atom is -0.383 e. The van der Waals surface area contributed by atoms with E-state index in [-0.39, 0.29) is 42.6 Å². The summed E-state index contributed by atoms with van der Waals surface area (Å²) >= 11 is 1.23. The van der Waals surface area contributed by atoms with Crippen molar-refractivity contribution in [3.63, 3.8) is 0 Å². The first-order valence-electron chi connectivity index (χ1n) is 21.2. The largest absolute Gasteiger partial charge is 0.383 e. The van der Waals surface area contributed by atoms with Crippen LogP contribution < -0.4 is 37.0 Å². The number of nitrogen functional groups attached to an aromatic ring is 1. The van der Waals surface area contributed by atoms with E-state index in [1.807, 2.05) is 36.4 Å². The van der Waals surface area contributed by atoms with Crippen LogP contribution in [0, 0.1) is 5.82 Å². The third-order valence-electron chi connectivity index (χ3n) is 11.5. The number of carbonyl (C=O) groups excluding carboxylic acids is 5. The van der Waals surface area contributed by atoms with Gasteiger partial charge in [0, 0.05) is 86.7 Å². The van der Waals surface area contributed by atoms with Gasteiger partial charge in [0.15, 0.2) is 0 Å². The summed E-state index contributed by atoms with van der Waals surface area (Å²) in [4.78, 5) is 70.0. The molecule has 0 radical (unpaired) electrons. The van der Waals surface area contributed by atoms with Crippen molar-refractivity contribution in [2.75, 3.05) is 40.7 Å². The molecule has 5 aromatic rings. The molecule has 8 N–H and O–H groups in total. The summed E-state index contributed by atoms with van der Waals surface area (Å²) in [7, 11) is 0. The number of anilines is 4. The minimum atomic E-state index is -0.572. The van der Waals surface area contributed by atoms with Crippen LogP contribution in [-0.4, -0.2) is 65.1 Å². The number of benzene rings is 4. The predicted molar refractivity (Wildman–Crippen MR) is 247 cm³/mol. The lowest BCUT2D eigenvalue weighted by Crippen LogP contribution is -2.49. The standard InChI is InChI=1S/C48H48FN9O5S/c1-28-12-17-42(47(62)54-28)58-27-39-37(48(58)63)9-6-10-41(39)56-43(59)11-3-2-4-19-51-26-44(60)55-32-7-5-8-33(23-32)57-64-34-14-16-35(40(49)24-34)31-22-38(45(50)53-25-31)29-13-15-36-30(21-29)18-20-52-46(36)61/h5-10,13-16,21-25,42,51,57H,1-4,11-12,17-20,26-27H2,(H2,50,53)(H,52,61)(H,54,62)(H,55,60)(H,56,59). The summed E-state index contributed by atoms with van der Waals surface area (Å²) in [5, 5.41) is 14.6. The molecule has 0 aliphatic carbocycles. The normalized spacial score (nSPS) is 15.5. The van der Waals surface area contributed by atoms with Gasteiger partial charge in [0.1, 0.15) is 17.7 Å². The highest BCUT2D eigenvalue weighted by atomic mass is 32.2. The first-order valence-corrected chi connectivity index (χ1v) is 22.0. The lowest BCUT2D eigenvalue weighted by molar-refractivity contribution is -0.126. The molecular weight excluding hydrogens is 834 g/mol. The molecule has 3 aliphatic heterocycles. The maximum absolute atomic E-state index is 15.6. The van der Waals surface area contributed by atoms with Crippen molar-refractivity contribution in [3.8, 4) is 22.3 Å².